The van der Waals surface area contributed by atoms with Gasteiger partial charge >= 0.3 is 0 Å². The Morgan fingerprint density at radius 1 is 1.15 bits per heavy atom. The summed E-state index contributed by atoms with van der Waals surface area (Å²) >= 11 is 0. The zero-order valence-corrected chi connectivity index (χ0v) is 6.58. The first-order chi connectivity index (χ1) is 6.00. The standard InChI is InChI=1S/C9H6F4/c10-6-3-5-1-2-9(12,13)8(5)7(11)4-6/h3-4H,1-2H2. The van der Waals surface area contributed by atoms with Crippen LogP contribution >= 0.6 is 0 Å². The van der Waals surface area contributed by atoms with Gasteiger partial charge in [-0.1, -0.05) is 0 Å². The SMILES string of the molecule is Fc1cc(F)c2c(c1)CCC2(F)F. The zero-order chi connectivity index (χ0) is 9.64. The maximum absolute atomic E-state index is 13.0. The molecule has 2 rings (SSSR count). The van der Waals surface area contributed by atoms with Crippen LogP contribution < -0.4 is 0 Å². The Morgan fingerprint density at radius 2 is 1.85 bits per heavy atom. The average Bonchev–Trinajstić information content (AvgIpc) is 2.26. The molecule has 0 saturated heterocycles. The first-order valence-corrected chi connectivity index (χ1v) is 3.87. The molecular formula is C9H6F4. The lowest BCUT2D eigenvalue weighted by molar-refractivity contribution is -0.00502. The zero-order valence-electron chi connectivity index (χ0n) is 6.58. The van der Waals surface area contributed by atoms with E-state index >= 15 is 0 Å². The minimum absolute atomic E-state index is 0.0387. The molecule has 0 amide bonds. The minimum atomic E-state index is -3.13. The maximum Gasteiger partial charge on any atom is 0.276 e. The molecule has 0 aromatic heterocycles. The van der Waals surface area contributed by atoms with Crippen LogP contribution in [0.3, 0.4) is 0 Å². The Kier molecular flexibility index (Phi) is 1.62. The van der Waals surface area contributed by atoms with Crippen LogP contribution in [0.5, 0.6) is 0 Å². The second-order valence-corrected chi connectivity index (χ2v) is 3.13. The minimum Gasteiger partial charge on any atom is -0.207 e. The van der Waals surface area contributed by atoms with Crippen molar-refractivity contribution in [3.63, 3.8) is 0 Å². The number of rotatable bonds is 0. The van der Waals surface area contributed by atoms with Crippen LogP contribution in [0, 0.1) is 11.6 Å². The number of hydrogen-bond acceptors (Lipinski definition) is 0. The molecule has 70 valence electrons. The second kappa shape index (κ2) is 2.47. The Balaban J connectivity index is 2.65. The molecule has 0 aliphatic heterocycles. The summed E-state index contributed by atoms with van der Waals surface area (Å²) in [5, 5.41) is 0. The largest absolute Gasteiger partial charge is 0.276 e. The number of aryl methyl sites for hydroxylation is 1. The van der Waals surface area contributed by atoms with Crippen LogP contribution in [0.15, 0.2) is 12.1 Å². The molecule has 0 fully saturated rings. The lowest BCUT2D eigenvalue weighted by Crippen LogP contribution is -2.10. The van der Waals surface area contributed by atoms with Gasteiger partial charge < -0.3 is 0 Å². The van der Waals surface area contributed by atoms with E-state index in [1.165, 1.54) is 0 Å². The van der Waals surface area contributed by atoms with Gasteiger partial charge in [0, 0.05) is 12.5 Å². The van der Waals surface area contributed by atoms with E-state index in [1.807, 2.05) is 0 Å². The first kappa shape index (κ1) is 8.53. The van der Waals surface area contributed by atoms with Crippen LogP contribution in [0.1, 0.15) is 17.5 Å². The van der Waals surface area contributed by atoms with Gasteiger partial charge in [-0.25, -0.2) is 17.6 Å². The third kappa shape index (κ3) is 1.20. The van der Waals surface area contributed by atoms with E-state index < -0.39 is 29.5 Å². The van der Waals surface area contributed by atoms with Crippen molar-refractivity contribution in [1.29, 1.82) is 0 Å². The van der Waals surface area contributed by atoms with Crippen molar-refractivity contribution in [2.75, 3.05) is 0 Å². The lowest BCUT2D eigenvalue weighted by atomic mass is 10.1. The van der Waals surface area contributed by atoms with E-state index in [0.717, 1.165) is 6.07 Å². The van der Waals surface area contributed by atoms with Crippen molar-refractivity contribution in [3.8, 4) is 0 Å². The van der Waals surface area contributed by atoms with Crippen LogP contribution in [0.2, 0.25) is 0 Å². The third-order valence-electron chi connectivity index (χ3n) is 2.21. The molecule has 1 aliphatic rings. The fraction of sp³-hybridized carbons (Fsp3) is 0.333. The van der Waals surface area contributed by atoms with Crippen LogP contribution in [0.4, 0.5) is 17.6 Å². The molecule has 0 N–H and O–H groups in total. The molecule has 4 heteroatoms. The first-order valence-electron chi connectivity index (χ1n) is 3.87. The van der Waals surface area contributed by atoms with Crippen LogP contribution in [-0.4, -0.2) is 0 Å². The number of hydrogen-bond donors (Lipinski definition) is 0. The fourth-order valence-corrected chi connectivity index (χ4v) is 1.65. The van der Waals surface area contributed by atoms with Gasteiger partial charge in [-0.3, -0.25) is 0 Å². The highest BCUT2D eigenvalue weighted by Gasteiger charge is 2.41. The summed E-state index contributed by atoms with van der Waals surface area (Å²) in [4.78, 5) is 0. The van der Waals surface area contributed by atoms with Crippen LogP contribution in [-0.2, 0) is 12.3 Å². The highest BCUT2D eigenvalue weighted by atomic mass is 19.3. The summed E-state index contributed by atoms with van der Waals surface area (Å²) in [5.41, 5.74) is -0.545. The van der Waals surface area contributed by atoms with Gasteiger partial charge in [0.05, 0.1) is 5.56 Å². The summed E-state index contributed by atoms with van der Waals surface area (Å²) in [6.07, 6.45) is -0.389. The van der Waals surface area contributed by atoms with Gasteiger partial charge in [0.2, 0.25) is 0 Å². The summed E-state index contributed by atoms with van der Waals surface area (Å²) < 4.78 is 51.5. The fourth-order valence-electron chi connectivity index (χ4n) is 1.65. The van der Waals surface area contributed by atoms with Gasteiger partial charge in [0.15, 0.2) is 0 Å². The van der Waals surface area contributed by atoms with Gasteiger partial charge in [-0.05, 0) is 18.1 Å². The van der Waals surface area contributed by atoms with Crippen LogP contribution in [0.25, 0.3) is 0 Å². The number of alkyl halides is 2. The van der Waals surface area contributed by atoms with E-state index in [-0.39, 0.29) is 12.0 Å². The third-order valence-corrected chi connectivity index (χ3v) is 2.21. The van der Waals surface area contributed by atoms with Gasteiger partial charge in [-0.15, -0.1) is 0 Å². The van der Waals surface area contributed by atoms with E-state index in [1.54, 1.807) is 0 Å². The smallest absolute Gasteiger partial charge is 0.207 e. The highest BCUT2D eigenvalue weighted by molar-refractivity contribution is 5.37. The summed E-state index contributed by atoms with van der Waals surface area (Å²) in [6.45, 7) is 0. The molecular weight excluding hydrogens is 184 g/mol. The highest BCUT2D eigenvalue weighted by Crippen LogP contribution is 2.43. The van der Waals surface area contributed by atoms with Crippen molar-refractivity contribution >= 4 is 0 Å². The maximum atomic E-state index is 13.0. The van der Waals surface area contributed by atoms with E-state index in [0.29, 0.717) is 6.07 Å². The number of fused-ring (bicyclic) bond motifs is 1. The number of benzene rings is 1. The molecule has 0 bridgehead atoms. The summed E-state index contributed by atoms with van der Waals surface area (Å²) in [5.74, 6) is -5.07. The monoisotopic (exact) mass is 190 g/mol. The van der Waals surface area contributed by atoms with E-state index in [2.05, 4.69) is 0 Å². The van der Waals surface area contributed by atoms with Crippen molar-refractivity contribution in [2.45, 2.75) is 18.8 Å². The summed E-state index contributed by atoms with van der Waals surface area (Å²) in [7, 11) is 0. The van der Waals surface area contributed by atoms with E-state index in [4.69, 9.17) is 0 Å². The number of halogens is 4. The molecule has 0 unspecified atom stereocenters. The Morgan fingerprint density at radius 3 is 2.54 bits per heavy atom. The van der Waals surface area contributed by atoms with Gasteiger partial charge in [0.25, 0.3) is 5.92 Å². The molecule has 0 spiro atoms. The second-order valence-electron chi connectivity index (χ2n) is 3.13. The summed E-state index contributed by atoms with van der Waals surface area (Å²) in [6, 6.07) is 1.47. The normalized spacial score (nSPS) is 18.8. The van der Waals surface area contributed by atoms with Gasteiger partial charge in [0.1, 0.15) is 11.6 Å². The Hall–Kier alpha value is -1.06. The lowest BCUT2D eigenvalue weighted by Gasteiger charge is -2.10. The quantitative estimate of drug-likeness (QED) is 0.551. The molecule has 1 aromatic carbocycles. The molecule has 1 aromatic rings. The molecule has 0 radical (unpaired) electrons. The van der Waals surface area contributed by atoms with Gasteiger partial charge in [-0.2, -0.15) is 0 Å². The van der Waals surface area contributed by atoms with Crippen molar-refractivity contribution in [3.05, 3.63) is 34.9 Å². The molecule has 0 nitrogen and oxygen atoms in total. The Labute approximate surface area is 72.2 Å². The Bertz CT molecular complexity index is 357. The predicted octanol–water partition coefficient (Wildman–Crippen LogP) is 3.00. The van der Waals surface area contributed by atoms with Crippen molar-refractivity contribution in [1.82, 2.24) is 0 Å². The topological polar surface area (TPSA) is 0 Å². The molecule has 0 saturated carbocycles. The molecule has 1 aliphatic carbocycles. The molecule has 13 heavy (non-hydrogen) atoms. The molecule has 0 atom stereocenters. The molecule has 0 heterocycles. The van der Waals surface area contributed by atoms with E-state index in [9.17, 15) is 17.6 Å². The average molecular weight is 190 g/mol. The predicted molar refractivity (Wildman–Crippen MR) is 38.6 cm³/mol. The van der Waals surface area contributed by atoms with Crippen molar-refractivity contribution in [2.24, 2.45) is 0 Å². The van der Waals surface area contributed by atoms with Crippen molar-refractivity contribution < 1.29 is 17.6 Å².